The molecule has 1 aromatic heterocycles. The van der Waals surface area contributed by atoms with Crippen LogP contribution in [0.15, 0.2) is 6.20 Å². The number of imidazole rings is 1. The largest absolute Gasteiger partial charge is 0.345 e. The molecule has 0 bridgehead atoms. The number of nitrogens with zero attached hydrogens (tertiary/aromatic N) is 1. The number of H-pyrrole nitrogens is 1. The van der Waals surface area contributed by atoms with Gasteiger partial charge in [0, 0.05) is 24.9 Å². The molecule has 0 amide bonds. The van der Waals surface area contributed by atoms with Crippen molar-refractivity contribution < 1.29 is 0 Å². The number of aromatic amines is 1. The van der Waals surface area contributed by atoms with Crippen LogP contribution in [-0.2, 0) is 13.0 Å². The molecule has 92 valence electrons. The molecule has 3 nitrogen and oxygen atoms in total. The van der Waals surface area contributed by atoms with Gasteiger partial charge in [0.05, 0.1) is 0 Å². The number of hydrogen-bond donors (Lipinski definition) is 2. The molecule has 0 saturated heterocycles. The lowest BCUT2D eigenvalue weighted by atomic mass is 9.92. The summed E-state index contributed by atoms with van der Waals surface area (Å²) in [7, 11) is 0. The Balaban J connectivity index is 2.40. The van der Waals surface area contributed by atoms with Crippen molar-refractivity contribution in [1.29, 1.82) is 0 Å². The maximum absolute atomic E-state index is 4.40. The zero-order valence-corrected chi connectivity index (χ0v) is 11.2. The van der Waals surface area contributed by atoms with E-state index in [2.05, 4.69) is 49.9 Å². The summed E-state index contributed by atoms with van der Waals surface area (Å²) in [6.45, 7) is 13.0. The topological polar surface area (TPSA) is 40.7 Å². The summed E-state index contributed by atoms with van der Waals surface area (Å²) in [6, 6.07) is 0. The summed E-state index contributed by atoms with van der Waals surface area (Å²) in [4.78, 5) is 7.77. The average molecular weight is 223 g/mol. The minimum atomic E-state index is 0.292. The fraction of sp³-hybridized carbons (Fsp3) is 0.769. The summed E-state index contributed by atoms with van der Waals surface area (Å²) in [6.07, 6.45) is 2.94. The molecule has 0 unspecified atom stereocenters. The summed E-state index contributed by atoms with van der Waals surface area (Å²) >= 11 is 0. The molecular formula is C13H25N3. The van der Waals surface area contributed by atoms with Crippen LogP contribution in [0.3, 0.4) is 0 Å². The molecule has 0 spiro atoms. The first-order valence-corrected chi connectivity index (χ1v) is 6.10. The Kier molecular flexibility index (Phi) is 4.54. The first kappa shape index (κ1) is 13.2. The van der Waals surface area contributed by atoms with Crippen molar-refractivity contribution in [1.82, 2.24) is 15.3 Å². The Bertz CT molecular complexity index is 307. The Morgan fingerprint density at radius 2 is 2.06 bits per heavy atom. The monoisotopic (exact) mass is 223 g/mol. The van der Waals surface area contributed by atoms with Gasteiger partial charge in [-0.3, -0.25) is 0 Å². The molecule has 1 heterocycles. The van der Waals surface area contributed by atoms with E-state index in [1.54, 1.807) is 0 Å². The van der Waals surface area contributed by atoms with Crippen LogP contribution >= 0.6 is 0 Å². The van der Waals surface area contributed by atoms with Gasteiger partial charge in [0.2, 0.25) is 0 Å². The van der Waals surface area contributed by atoms with Gasteiger partial charge < -0.3 is 10.3 Å². The summed E-state index contributed by atoms with van der Waals surface area (Å²) in [5.74, 6) is 1.78. The van der Waals surface area contributed by atoms with Crippen molar-refractivity contribution >= 4 is 0 Å². The molecule has 0 aliphatic carbocycles. The highest BCUT2D eigenvalue weighted by molar-refractivity contribution is 5.02. The van der Waals surface area contributed by atoms with E-state index < -0.39 is 0 Å². The molecular weight excluding hydrogens is 198 g/mol. The van der Waals surface area contributed by atoms with Gasteiger partial charge in [-0.1, -0.05) is 34.6 Å². The lowest BCUT2D eigenvalue weighted by Gasteiger charge is -2.15. The summed E-state index contributed by atoms with van der Waals surface area (Å²) in [5.41, 5.74) is 1.47. The molecule has 0 saturated carbocycles. The second-order valence-corrected chi connectivity index (χ2v) is 6.12. The maximum atomic E-state index is 4.40. The van der Waals surface area contributed by atoms with E-state index >= 15 is 0 Å². The van der Waals surface area contributed by atoms with Crippen LogP contribution in [0, 0.1) is 11.3 Å². The molecule has 2 N–H and O–H groups in total. The molecule has 1 aromatic rings. The van der Waals surface area contributed by atoms with Crippen LogP contribution in [0.5, 0.6) is 0 Å². The lowest BCUT2D eigenvalue weighted by molar-refractivity contribution is 0.402. The fourth-order valence-electron chi connectivity index (χ4n) is 1.58. The van der Waals surface area contributed by atoms with E-state index in [9.17, 15) is 0 Å². The van der Waals surface area contributed by atoms with Crippen molar-refractivity contribution in [2.45, 2.75) is 47.6 Å². The molecule has 0 radical (unpaired) electrons. The van der Waals surface area contributed by atoms with Gasteiger partial charge in [-0.2, -0.15) is 0 Å². The smallest absolute Gasteiger partial charge is 0.106 e. The molecule has 0 aliphatic heterocycles. The highest BCUT2D eigenvalue weighted by atomic mass is 15.0. The van der Waals surface area contributed by atoms with E-state index in [0.717, 1.165) is 25.3 Å². The SMILES string of the molecule is CC(C)CNCc1cnc(CC(C)(C)C)[nH]1. The van der Waals surface area contributed by atoms with Crippen molar-refractivity contribution in [2.75, 3.05) is 6.54 Å². The molecule has 0 aromatic carbocycles. The maximum Gasteiger partial charge on any atom is 0.106 e. The number of hydrogen-bond acceptors (Lipinski definition) is 2. The standard InChI is InChI=1S/C13H25N3/c1-10(2)7-14-8-11-9-15-12(16-11)6-13(3,4)5/h9-10,14H,6-8H2,1-5H3,(H,15,16). The normalized spacial score (nSPS) is 12.4. The third-order valence-corrected chi connectivity index (χ3v) is 2.25. The molecule has 0 atom stereocenters. The van der Waals surface area contributed by atoms with E-state index in [1.165, 1.54) is 5.69 Å². The summed E-state index contributed by atoms with van der Waals surface area (Å²) < 4.78 is 0. The molecule has 0 aliphatic rings. The second-order valence-electron chi connectivity index (χ2n) is 6.12. The van der Waals surface area contributed by atoms with Crippen LogP contribution in [-0.4, -0.2) is 16.5 Å². The number of aromatic nitrogens is 2. The summed E-state index contributed by atoms with van der Waals surface area (Å²) in [5, 5.41) is 3.41. The molecule has 16 heavy (non-hydrogen) atoms. The Labute approximate surface area is 99.1 Å². The predicted molar refractivity (Wildman–Crippen MR) is 68.3 cm³/mol. The first-order chi connectivity index (χ1) is 7.37. The van der Waals surface area contributed by atoms with Crippen molar-refractivity contribution in [2.24, 2.45) is 11.3 Å². The van der Waals surface area contributed by atoms with E-state index in [-0.39, 0.29) is 0 Å². The van der Waals surface area contributed by atoms with Gasteiger partial charge in [0.25, 0.3) is 0 Å². The molecule has 3 heteroatoms. The predicted octanol–water partition coefficient (Wildman–Crippen LogP) is 2.74. The van der Waals surface area contributed by atoms with Crippen molar-refractivity contribution in [3.63, 3.8) is 0 Å². The lowest BCUT2D eigenvalue weighted by Crippen LogP contribution is -2.19. The highest BCUT2D eigenvalue weighted by Crippen LogP contribution is 2.18. The number of rotatable bonds is 5. The van der Waals surface area contributed by atoms with Gasteiger partial charge >= 0.3 is 0 Å². The third-order valence-electron chi connectivity index (χ3n) is 2.25. The van der Waals surface area contributed by atoms with E-state index in [1.807, 2.05) is 6.20 Å². The van der Waals surface area contributed by atoms with E-state index in [0.29, 0.717) is 11.3 Å². The second kappa shape index (κ2) is 5.48. The van der Waals surface area contributed by atoms with Gasteiger partial charge in [-0.15, -0.1) is 0 Å². The van der Waals surface area contributed by atoms with Gasteiger partial charge in [0.15, 0.2) is 0 Å². The van der Waals surface area contributed by atoms with Crippen molar-refractivity contribution in [3.8, 4) is 0 Å². The minimum absolute atomic E-state index is 0.292. The van der Waals surface area contributed by atoms with Gasteiger partial charge in [-0.25, -0.2) is 4.98 Å². The van der Waals surface area contributed by atoms with Crippen molar-refractivity contribution in [3.05, 3.63) is 17.7 Å². The third kappa shape index (κ3) is 5.31. The van der Waals surface area contributed by atoms with Gasteiger partial charge in [-0.05, 0) is 17.9 Å². The first-order valence-electron chi connectivity index (χ1n) is 6.10. The zero-order valence-electron chi connectivity index (χ0n) is 11.2. The van der Waals surface area contributed by atoms with E-state index in [4.69, 9.17) is 0 Å². The zero-order chi connectivity index (χ0) is 12.2. The minimum Gasteiger partial charge on any atom is -0.345 e. The van der Waals surface area contributed by atoms with Crippen LogP contribution in [0.1, 0.15) is 46.1 Å². The Morgan fingerprint density at radius 1 is 1.38 bits per heavy atom. The van der Waals surface area contributed by atoms with Crippen LogP contribution in [0.4, 0.5) is 0 Å². The quantitative estimate of drug-likeness (QED) is 0.806. The Hall–Kier alpha value is -0.830. The molecule has 0 fully saturated rings. The van der Waals surface area contributed by atoms with Crippen LogP contribution < -0.4 is 5.32 Å². The van der Waals surface area contributed by atoms with Crippen LogP contribution in [0.2, 0.25) is 0 Å². The highest BCUT2D eigenvalue weighted by Gasteiger charge is 2.13. The van der Waals surface area contributed by atoms with Crippen LogP contribution in [0.25, 0.3) is 0 Å². The Morgan fingerprint density at radius 3 is 2.62 bits per heavy atom. The van der Waals surface area contributed by atoms with Gasteiger partial charge in [0.1, 0.15) is 5.82 Å². The average Bonchev–Trinajstić information content (AvgIpc) is 2.48. The molecule has 1 rings (SSSR count). The number of nitrogens with one attached hydrogen (secondary N) is 2. The fourth-order valence-corrected chi connectivity index (χ4v) is 1.58.